The number of carboxylic acid groups (broad SMARTS) is 1. The molecule has 2 atom stereocenters. The number of nitrogens with zero attached hydrogens (tertiary/aromatic N) is 1. The molecule has 2 bridgehead atoms. The van der Waals surface area contributed by atoms with Crippen LogP contribution in [0.15, 0.2) is 30.3 Å². The fourth-order valence-electron chi connectivity index (χ4n) is 3.30. The minimum absolute atomic E-state index is 0.0855. The molecule has 0 aliphatic carbocycles. The van der Waals surface area contributed by atoms with Gasteiger partial charge in [0.15, 0.2) is 6.10 Å². The maximum Gasteiger partial charge on any atom is 0.333 e. The maximum absolute atomic E-state index is 11.4. The molecule has 3 saturated heterocycles. The molecular formula is C16H21NO3. The van der Waals surface area contributed by atoms with E-state index >= 15 is 0 Å². The van der Waals surface area contributed by atoms with Crippen LogP contribution in [0.5, 0.6) is 0 Å². The van der Waals surface area contributed by atoms with Crippen LogP contribution >= 0.6 is 0 Å². The van der Waals surface area contributed by atoms with Crippen LogP contribution in [0.2, 0.25) is 0 Å². The average Bonchev–Trinajstić information content (AvgIpc) is 2.49. The molecule has 1 aromatic rings. The summed E-state index contributed by atoms with van der Waals surface area (Å²) in [6.45, 7) is 3.17. The molecule has 3 heterocycles. The highest BCUT2D eigenvalue weighted by Gasteiger charge is 2.37. The van der Waals surface area contributed by atoms with Crippen LogP contribution in [0, 0.1) is 5.92 Å². The summed E-state index contributed by atoms with van der Waals surface area (Å²) in [5, 5.41) is 9.40. The van der Waals surface area contributed by atoms with Crippen molar-refractivity contribution in [3.63, 3.8) is 0 Å². The molecule has 4 nitrogen and oxygen atoms in total. The molecule has 3 fully saturated rings. The highest BCUT2D eigenvalue weighted by Crippen LogP contribution is 2.30. The van der Waals surface area contributed by atoms with Crippen molar-refractivity contribution in [1.82, 2.24) is 4.90 Å². The fourth-order valence-corrected chi connectivity index (χ4v) is 3.30. The van der Waals surface area contributed by atoms with E-state index in [-0.39, 0.29) is 6.10 Å². The second-order valence-electron chi connectivity index (χ2n) is 5.83. The van der Waals surface area contributed by atoms with Gasteiger partial charge in [0.1, 0.15) is 0 Å². The van der Waals surface area contributed by atoms with E-state index in [2.05, 4.69) is 4.90 Å². The molecule has 4 rings (SSSR count). The Morgan fingerprint density at radius 2 is 2.00 bits per heavy atom. The molecule has 4 heteroatoms. The molecule has 1 N–H and O–H groups in total. The van der Waals surface area contributed by atoms with Gasteiger partial charge in [-0.15, -0.1) is 0 Å². The molecule has 0 amide bonds. The average molecular weight is 275 g/mol. The summed E-state index contributed by atoms with van der Waals surface area (Å²) < 4.78 is 5.95. The first kappa shape index (κ1) is 13.6. The van der Waals surface area contributed by atoms with Crippen molar-refractivity contribution in [3.8, 4) is 0 Å². The van der Waals surface area contributed by atoms with Crippen molar-refractivity contribution in [3.05, 3.63) is 35.9 Å². The van der Waals surface area contributed by atoms with Gasteiger partial charge in [0.2, 0.25) is 0 Å². The molecular weight excluding hydrogens is 254 g/mol. The number of ether oxygens (including phenoxy) is 1. The monoisotopic (exact) mass is 275 g/mol. The van der Waals surface area contributed by atoms with Crippen molar-refractivity contribution in [2.24, 2.45) is 5.92 Å². The zero-order valence-corrected chi connectivity index (χ0v) is 11.6. The Bertz CT molecular complexity index is 454. The molecule has 3 aliphatic rings. The van der Waals surface area contributed by atoms with Crippen LogP contribution in [0.25, 0.3) is 0 Å². The number of carboxylic acids is 1. The Kier molecular flexibility index (Phi) is 4.03. The lowest BCUT2D eigenvalue weighted by molar-refractivity contribution is -0.163. The summed E-state index contributed by atoms with van der Waals surface area (Å²) in [6.07, 6.45) is 2.08. The molecule has 0 aromatic heterocycles. The first-order valence-electron chi connectivity index (χ1n) is 7.37. The highest BCUT2D eigenvalue weighted by atomic mass is 16.5. The normalized spacial score (nSPS) is 30.1. The minimum atomic E-state index is -0.856. The molecule has 20 heavy (non-hydrogen) atoms. The summed E-state index contributed by atoms with van der Waals surface area (Å²) in [7, 11) is 0. The van der Waals surface area contributed by atoms with Gasteiger partial charge >= 0.3 is 5.97 Å². The van der Waals surface area contributed by atoms with Gasteiger partial charge in [-0.3, -0.25) is 0 Å². The molecule has 0 spiro atoms. The van der Waals surface area contributed by atoms with E-state index in [0.717, 1.165) is 38.0 Å². The fraction of sp³-hybridized carbons (Fsp3) is 0.562. The van der Waals surface area contributed by atoms with Crippen molar-refractivity contribution in [2.75, 3.05) is 19.6 Å². The predicted octanol–water partition coefficient (Wildman–Crippen LogP) is 1.79. The second-order valence-corrected chi connectivity index (χ2v) is 5.83. The van der Waals surface area contributed by atoms with E-state index in [1.807, 2.05) is 30.3 Å². The van der Waals surface area contributed by atoms with Gasteiger partial charge in [0.05, 0.1) is 6.10 Å². The van der Waals surface area contributed by atoms with Crippen LogP contribution in [0.1, 0.15) is 18.4 Å². The first-order valence-corrected chi connectivity index (χ1v) is 7.37. The Labute approximate surface area is 119 Å². The second kappa shape index (κ2) is 5.94. The maximum atomic E-state index is 11.4. The summed E-state index contributed by atoms with van der Waals surface area (Å²) in [5.74, 6) is -0.317. The predicted molar refractivity (Wildman–Crippen MR) is 75.6 cm³/mol. The Hall–Kier alpha value is -1.39. The van der Waals surface area contributed by atoms with E-state index in [0.29, 0.717) is 12.3 Å². The SMILES string of the molecule is O=C(O)C(Cc1ccccc1)OC1CN2CCC1CC2. The van der Waals surface area contributed by atoms with Crippen molar-refractivity contribution < 1.29 is 14.6 Å². The quantitative estimate of drug-likeness (QED) is 0.890. The van der Waals surface area contributed by atoms with Gasteiger partial charge in [-0.05, 0) is 37.4 Å². The van der Waals surface area contributed by atoms with Gasteiger partial charge in [-0.2, -0.15) is 0 Å². The summed E-state index contributed by atoms with van der Waals surface area (Å²) in [5.41, 5.74) is 1.01. The van der Waals surface area contributed by atoms with Gasteiger partial charge in [-0.25, -0.2) is 4.79 Å². The van der Waals surface area contributed by atoms with Gasteiger partial charge in [0.25, 0.3) is 0 Å². The topological polar surface area (TPSA) is 49.8 Å². The van der Waals surface area contributed by atoms with Crippen LogP contribution in [-0.2, 0) is 16.0 Å². The standard InChI is InChI=1S/C16H21NO3/c18-16(19)14(10-12-4-2-1-3-5-12)20-15-11-17-8-6-13(15)7-9-17/h1-5,13-15H,6-11H2,(H,18,19). The molecule has 1 aromatic carbocycles. The zero-order valence-electron chi connectivity index (χ0n) is 11.6. The molecule has 0 saturated carbocycles. The number of fused-ring (bicyclic) bond motifs is 3. The number of hydrogen-bond acceptors (Lipinski definition) is 3. The largest absolute Gasteiger partial charge is 0.479 e. The van der Waals surface area contributed by atoms with Crippen LogP contribution in [0.3, 0.4) is 0 Å². The molecule has 3 aliphatic heterocycles. The third-order valence-electron chi connectivity index (χ3n) is 4.47. The van der Waals surface area contributed by atoms with Gasteiger partial charge < -0.3 is 14.7 Å². The third kappa shape index (κ3) is 3.02. The summed E-state index contributed by atoms with van der Waals surface area (Å²) >= 11 is 0. The number of carbonyl (C=O) groups is 1. The van der Waals surface area contributed by atoms with E-state index < -0.39 is 12.1 Å². The van der Waals surface area contributed by atoms with Gasteiger partial charge in [0, 0.05) is 13.0 Å². The Morgan fingerprint density at radius 3 is 2.55 bits per heavy atom. The van der Waals surface area contributed by atoms with E-state index in [1.54, 1.807) is 0 Å². The smallest absolute Gasteiger partial charge is 0.333 e. The lowest BCUT2D eigenvalue weighted by Crippen LogP contribution is -2.53. The van der Waals surface area contributed by atoms with E-state index in [1.165, 1.54) is 0 Å². The number of aliphatic carboxylic acids is 1. The summed E-state index contributed by atoms with van der Waals surface area (Å²) in [4.78, 5) is 13.8. The molecule has 0 radical (unpaired) electrons. The van der Waals surface area contributed by atoms with Crippen molar-refractivity contribution in [1.29, 1.82) is 0 Å². The molecule has 108 valence electrons. The Morgan fingerprint density at radius 1 is 1.30 bits per heavy atom. The van der Waals surface area contributed by atoms with E-state index in [9.17, 15) is 9.90 Å². The lowest BCUT2D eigenvalue weighted by atomic mass is 9.85. The third-order valence-corrected chi connectivity index (χ3v) is 4.47. The lowest BCUT2D eigenvalue weighted by Gasteiger charge is -2.45. The summed E-state index contributed by atoms with van der Waals surface area (Å²) in [6, 6.07) is 9.71. The van der Waals surface area contributed by atoms with Crippen LogP contribution in [0.4, 0.5) is 0 Å². The van der Waals surface area contributed by atoms with Gasteiger partial charge in [-0.1, -0.05) is 30.3 Å². The van der Waals surface area contributed by atoms with Crippen LogP contribution in [-0.4, -0.2) is 47.8 Å². The highest BCUT2D eigenvalue weighted by molar-refractivity contribution is 5.72. The molecule has 2 unspecified atom stereocenters. The number of rotatable bonds is 5. The number of benzene rings is 1. The number of hydrogen-bond donors (Lipinski definition) is 1. The van der Waals surface area contributed by atoms with Crippen molar-refractivity contribution >= 4 is 5.97 Å². The van der Waals surface area contributed by atoms with E-state index in [4.69, 9.17) is 4.74 Å². The zero-order chi connectivity index (χ0) is 13.9. The first-order chi connectivity index (χ1) is 9.72. The Balaban J connectivity index is 1.64. The minimum Gasteiger partial charge on any atom is -0.479 e. The van der Waals surface area contributed by atoms with Crippen molar-refractivity contribution in [2.45, 2.75) is 31.5 Å². The number of piperidine rings is 3. The van der Waals surface area contributed by atoms with Crippen LogP contribution < -0.4 is 0 Å².